The van der Waals surface area contributed by atoms with Gasteiger partial charge in [0.05, 0.1) is 24.5 Å². The molecule has 0 unspecified atom stereocenters. The number of hydrogen-bond acceptors (Lipinski definition) is 5. The Kier molecular flexibility index (Phi) is 7.37. The molecule has 3 rings (SSSR count). The summed E-state index contributed by atoms with van der Waals surface area (Å²) in [5, 5.41) is 3.99. The molecule has 6 nitrogen and oxygen atoms in total. The Morgan fingerprint density at radius 1 is 1.00 bits per heavy atom. The van der Waals surface area contributed by atoms with E-state index in [-0.39, 0.29) is 5.91 Å². The molecule has 0 saturated heterocycles. The number of hydrazone groups is 1. The molecule has 0 aliphatic carbocycles. The minimum absolute atomic E-state index is 0.304. The van der Waals surface area contributed by atoms with Gasteiger partial charge in [-0.25, -0.2) is 10.2 Å². The highest BCUT2D eigenvalue weighted by Gasteiger charge is 2.12. The zero-order chi connectivity index (χ0) is 21.5. The van der Waals surface area contributed by atoms with Gasteiger partial charge in [-0.15, -0.1) is 0 Å². The molecule has 3 aromatic carbocycles. The van der Waals surface area contributed by atoms with Crippen molar-refractivity contribution < 1.29 is 19.1 Å². The molecule has 0 aliphatic heterocycles. The Morgan fingerprint density at radius 2 is 1.73 bits per heavy atom. The van der Waals surface area contributed by atoms with Crippen LogP contribution in [0.5, 0.6) is 11.5 Å². The Hall–Kier alpha value is -2.97. The van der Waals surface area contributed by atoms with Crippen molar-refractivity contribution in [2.24, 2.45) is 5.10 Å². The highest BCUT2D eigenvalue weighted by atomic mass is 79.9. The fourth-order valence-corrected chi connectivity index (χ4v) is 3.31. The van der Waals surface area contributed by atoms with Gasteiger partial charge in [-0.2, -0.15) is 5.10 Å². The van der Waals surface area contributed by atoms with E-state index in [1.165, 1.54) is 6.21 Å². The van der Waals surface area contributed by atoms with E-state index in [4.69, 9.17) is 9.47 Å². The summed E-state index contributed by atoms with van der Waals surface area (Å²) in [4.78, 5) is 24.7. The van der Waals surface area contributed by atoms with Gasteiger partial charge in [0.25, 0.3) is 5.91 Å². The van der Waals surface area contributed by atoms with Gasteiger partial charge in [0.2, 0.25) is 0 Å². The van der Waals surface area contributed by atoms with Crippen LogP contribution < -0.4 is 14.9 Å². The highest BCUT2D eigenvalue weighted by Crippen LogP contribution is 2.23. The van der Waals surface area contributed by atoms with Crippen molar-refractivity contribution in [1.29, 1.82) is 0 Å². The standard InChI is InChI=1S/C22H16Br2N2O4/c1-29-17-9-6-14(7-10-17)22(28)30-20-11-8-16(23)12-15(20)13-25-26-21(27)18-4-2-3-5-19(18)24/h2-13H,1H3,(H,26,27). The molecular formula is C22H16Br2N2O4. The number of carbonyl (C=O) groups is 2. The summed E-state index contributed by atoms with van der Waals surface area (Å²) >= 11 is 6.71. The third kappa shape index (κ3) is 5.55. The summed E-state index contributed by atoms with van der Waals surface area (Å²) in [7, 11) is 1.55. The predicted octanol–water partition coefficient (Wildman–Crippen LogP) is 5.20. The summed E-state index contributed by atoms with van der Waals surface area (Å²) in [5.74, 6) is 0.0547. The molecule has 0 aromatic heterocycles. The average Bonchev–Trinajstić information content (AvgIpc) is 2.75. The lowest BCUT2D eigenvalue weighted by atomic mass is 10.2. The fourth-order valence-electron chi connectivity index (χ4n) is 2.47. The topological polar surface area (TPSA) is 77.0 Å². The number of rotatable bonds is 6. The number of amides is 1. The van der Waals surface area contributed by atoms with Crippen LogP contribution in [0.1, 0.15) is 26.3 Å². The number of nitrogens with one attached hydrogen (secondary N) is 1. The predicted molar refractivity (Wildman–Crippen MR) is 121 cm³/mol. The Bertz CT molecular complexity index is 1100. The number of nitrogens with zero attached hydrogens (tertiary/aromatic N) is 1. The summed E-state index contributed by atoms with van der Waals surface area (Å²) < 4.78 is 12.0. The zero-order valence-corrected chi connectivity index (χ0v) is 18.9. The molecule has 1 amide bonds. The molecule has 0 bridgehead atoms. The Morgan fingerprint density at radius 3 is 2.43 bits per heavy atom. The van der Waals surface area contributed by atoms with Crippen molar-refractivity contribution in [3.8, 4) is 11.5 Å². The smallest absolute Gasteiger partial charge is 0.343 e. The summed E-state index contributed by atoms with van der Waals surface area (Å²) in [6.45, 7) is 0. The molecule has 0 atom stereocenters. The van der Waals surface area contributed by atoms with Crippen LogP contribution in [-0.4, -0.2) is 25.2 Å². The normalized spacial score (nSPS) is 10.6. The van der Waals surface area contributed by atoms with E-state index in [1.54, 1.807) is 67.8 Å². The fraction of sp³-hybridized carbons (Fsp3) is 0.0455. The second-order valence-corrected chi connectivity index (χ2v) is 7.75. The molecule has 152 valence electrons. The maximum absolute atomic E-state index is 12.5. The molecule has 0 fully saturated rings. The van der Waals surface area contributed by atoms with Crippen LogP contribution in [0.4, 0.5) is 0 Å². The molecule has 0 saturated carbocycles. The summed E-state index contributed by atoms with van der Waals surface area (Å²) in [6, 6.07) is 18.7. The molecule has 0 spiro atoms. The minimum atomic E-state index is -0.521. The third-order valence-electron chi connectivity index (χ3n) is 3.99. The number of benzene rings is 3. The van der Waals surface area contributed by atoms with Gasteiger partial charge >= 0.3 is 5.97 Å². The van der Waals surface area contributed by atoms with Gasteiger partial charge in [0, 0.05) is 14.5 Å². The highest BCUT2D eigenvalue weighted by molar-refractivity contribution is 9.10. The first-order chi connectivity index (χ1) is 14.5. The molecule has 8 heteroatoms. The van der Waals surface area contributed by atoms with Crippen LogP contribution in [0.15, 0.2) is 80.8 Å². The van der Waals surface area contributed by atoms with E-state index in [9.17, 15) is 9.59 Å². The number of esters is 1. The first kappa shape index (κ1) is 21.7. The first-order valence-corrected chi connectivity index (χ1v) is 10.3. The maximum atomic E-state index is 12.5. The molecular weight excluding hydrogens is 516 g/mol. The molecule has 0 heterocycles. The van der Waals surface area contributed by atoms with Crippen LogP contribution in [0, 0.1) is 0 Å². The van der Waals surface area contributed by atoms with Crippen LogP contribution in [0.2, 0.25) is 0 Å². The van der Waals surface area contributed by atoms with Gasteiger partial charge < -0.3 is 9.47 Å². The van der Waals surface area contributed by atoms with Crippen LogP contribution in [0.25, 0.3) is 0 Å². The largest absolute Gasteiger partial charge is 0.497 e. The van der Waals surface area contributed by atoms with Crippen molar-refractivity contribution in [1.82, 2.24) is 5.43 Å². The first-order valence-electron chi connectivity index (χ1n) is 8.71. The minimum Gasteiger partial charge on any atom is -0.497 e. The number of methoxy groups -OCH3 is 1. The van der Waals surface area contributed by atoms with Gasteiger partial charge in [0.1, 0.15) is 11.5 Å². The Balaban J connectivity index is 1.74. The van der Waals surface area contributed by atoms with E-state index >= 15 is 0 Å². The average molecular weight is 532 g/mol. The van der Waals surface area contributed by atoms with Gasteiger partial charge in [-0.3, -0.25) is 4.79 Å². The number of halogens is 2. The summed E-state index contributed by atoms with van der Waals surface area (Å²) in [5.41, 5.74) is 3.81. The quantitative estimate of drug-likeness (QED) is 0.205. The van der Waals surface area contributed by atoms with Crippen LogP contribution in [0.3, 0.4) is 0 Å². The molecule has 0 radical (unpaired) electrons. The van der Waals surface area contributed by atoms with Crippen LogP contribution in [-0.2, 0) is 0 Å². The SMILES string of the molecule is COc1ccc(C(=O)Oc2ccc(Br)cc2C=NNC(=O)c2ccccc2Br)cc1. The van der Waals surface area contributed by atoms with E-state index in [0.29, 0.717) is 32.7 Å². The number of ether oxygens (including phenoxy) is 2. The number of carbonyl (C=O) groups excluding carboxylic acids is 2. The maximum Gasteiger partial charge on any atom is 0.343 e. The van der Waals surface area contributed by atoms with Crippen molar-refractivity contribution >= 4 is 50.0 Å². The Labute approximate surface area is 190 Å². The van der Waals surface area contributed by atoms with E-state index in [0.717, 1.165) is 4.47 Å². The molecule has 30 heavy (non-hydrogen) atoms. The number of hydrogen-bond donors (Lipinski definition) is 1. The lowest BCUT2D eigenvalue weighted by Gasteiger charge is -2.09. The van der Waals surface area contributed by atoms with Gasteiger partial charge in [-0.05, 0) is 70.5 Å². The second kappa shape index (κ2) is 10.2. The molecule has 1 N–H and O–H groups in total. The van der Waals surface area contributed by atoms with Crippen molar-refractivity contribution in [2.45, 2.75) is 0 Å². The molecule has 3 aromatic rings. The summed E-state index contributed by atoms with van der Waals surface area (Å²) in [6.07, 6.45) is 1.41. The van der Waals surface area contributed by atoms with E-state index in [1.807, 2.05) is 6.07 Å². The van der Waals surface area contributed by atoms with E-state index < -0.39 is 5.97 Å². The van der Waals surface area contributed by atoms with Crippen molar-refractivity contribution in [3.63, 3.8) is 0 Å². The van der Waals surface area contributed by atoms with Crippen molar-refractivity contribution in [2.75, 3.05) is 7.11 Å². The van der Waals surface area contributed by atoms with Crippen molar-refractivity contribution in [3.05, 3.63) is 92.4 Å². The van der Waals surface area contributed by atoms with Gasteiger partial charge in [-0.1, -0.05) is 28.1 Å². The van der Waals surface area contributed by atoms with Gasteiger partial charge in [0.15, 0.2) is 0 Å². The van der Waals surface area contributed by atoms with Crippen LogP contribution >= 0.6 is 31.9 Å². The second-order valence-electron chi connectivity index (χ2n) is 5.98. The lowest BCUT2D eigenvalue weighted by molar-refractivity contribution is 0.0734. The molecule has 0 aliphatic rings. The monoisotopic (exact) mass is 530 g/mol. The zero-order valence-electron chi connectivity index (χ0n) is 15.8. The lowest BCUT2D eigenvalue weighted by Crippen LogP contribution is -2.18. The third-order valence-corrected chi connectivity index (χ3v) is 5.17. The van der Waals surface area contributed by atoms with E-state index in [2.05, 4.69) is 42.4 Å².